The first-order valence-corrected chi connectivity index (χ1v) is 6.16. The molecule has 0 radical (unpaired) electrons. The maximum atomic E-state index is 9.10. The van der Waals surface area contributed by atoms with Crippen LogP contribution in [-0.4, -0.2) is 9.55 Å². The summed E-state index contributed by atoms with van der Waals surface area (Å²) in [5.41, 5.74) is 4.13. The molecule has 0 amide bonds. The zero-order valence-corrected chi connectivity index (χ0v) is 10.7. The van der Waals surface area contributed by atoms with Gasteiger partial charge >= 0.3 is 0 Å². The minimum atomic E-state index is 0.721. The number of pyridine rings is 1. The maximum Gasteiger partial charge on any atom is 0.0998 e. The molecule has 3 aromatic rings. The van der Waals surface area contributed by atoms with Crippen molar-refractivity contribution < 1.29 is 0 Å². The van der Waals surface area contributed by atoms with Gasteiger partial charge < -0.3 is 4.57 Å². The molecular weight excluding hydrogens is 234 g/mol. The fourth-order valence-corrected chi connectivity index (χ4v) is 2.36. The van der Waals surface area contributed by atoms with E-state index in [4.69, 9.17) is 5.26 Å². The van der Waals surface area contributed by atoms with Gasteiger partial charge in [0.25, 0.3) is 0 Å². The smallest absolute Gasteiger partial charge is 0.0998 e. The maximum absolute atomic E-state index is 9.10. The van der Waals surface area contributed by atoms with Crippen molar-refractivity contribution in [3.63, 3.8) is 0 Å². The third-order valence-corrected chi connectivity index (χ3v) is 3.22. The first-order valence-electron chi connectivity index (χ1n) is 6.16. The van der Waals surface area contributed by atoms with Crippen LogP contribution in [0.25, 0.3) is 10.9 Å². The number of aromatic nitrogens is 2. The first-order chi connectivity index (χ1) is 9.28. The molecule has 0 aliphatic heterocycles. The zero-order chi connectivity index (χ0) is 13.2. The summed E-state index contributed by atoms with van der Waals surface area (Å²) in [6.45, 7) is 2.81. The second kappa shape index (κ2) is 4.58. The summed E-state index contributed by atoms with van der Waals surface area (Å²) in [5, 5.41) is 10.1. The highest BCUT2D eigenvalue weighted by atomic mass is 15.0. The fraction of sp³-hybridized carbons (Fsp3) is 0.125. The summed E-state index contributed by atoms with van der Waals surface area (Å²) >= 11 is 0. The number of rotatable bonds is 2. The third kappa shape index (κ3) is 2.09. The van der Waals surface area contributed by atoms with E-state index in [2.05, 4.69) is 21.7 Å². The summed E-state index contributed by atoms with van der Waals surface area (Å²) in [5.74, 6) is 0. The minimum absolute atomic E-state index is 0.721. The van der Waals surface area contributed by atoms with Crippen LogP contribution in [-0.2, 0) is 6.54 Å². The van der Waals surface area contributed by atoms with Crippen LogP contribution in [0.4, 0.5) is 0 Å². The Bertz CT molecular complexity index is 778. The van der Waals surface area contributed by atoms with Crippen LogP contribution in [0.1, 0.15) is 16.7 Å². The molecule has 0 spiro atoms. The van der Waals surface area contributed by atoms with Crippen LogP contribution in [0.2, 0.25) is 0 Å². The average molecular weight is 247 g/mol. The van der Waals surface area contributed by atoms with Crippen molar-refractivity contribution in [1.82, 2.24) is 9.55 Å². The number of hydrogen-bond donors (Lipinski definition) is 0. The zero-order valence-electron chi connectivity index (χ0n) is 10.7. The van der Waals surface area contributed by atoms with Crippen LogP contribution in [0.5, 0.6) is 0 Å². The molecule has 0 atom stereocenters. The van der Waals surface area contributed by atoms with E-state index < -0.39 is 0 Å². The van der Waals surface area contributed by atoms with Crippen molar-refractivity contribution in [2.24, 2.45) is 0 Å². The largest absolute Gasteiger partial charge is 0.343 e. The quantitative estimate of drug-likeness (QED) is 0.697. The van der Waals surface area contributed by atoms with Crippen molar-refractivity contribution in [2.45, 2.75) is 13.5 Å². The summed E-state index contributed by atoms with van der Waals surface area (Å²) in [4.78, 5) is 4.21. The van der Waals surface area contributed by atoms with Gasteiger partial charge in [0.05, 0.1) is 11.6 Å². The Hall–Kier alpha value is -2.60. The number of benzene rings is 1. The van der Waals surface area contributed by atoms with Crippen LogP contribution in [0.3, 0.4) is 0 Å². The number of aryl methyl sites for hydroxylation is 1. The number of nitrogens with zero attached hydrogens (tertiary/aromatic N) is 3. The van der Waals surface area contributed by atoms with Gasteiger partial charge in [-0.1, -0.05) is 12.1 Å². The Morgan fingerprint density at radius 1 is 1.26 bits per heavy atom. The van der Waals surface area contributed by atoms with Gasteiger partial charge in [0.2, 0.25) is 0 Å². The van der Waals surface area contributed by atoms with Gasteiger partial charge in [-0.15, -0.1) is 0 Å². The van der Waals surface area contributed by atoms with Crippen molar-refractivity contribution in [1.29, 1.82) is 5.26 Å². The van der Waals surface area contributed by atoms with Crippen LogP contribution in [0.15, 0.2) is 48.9 Å². The molecule has 3 heteroatoms. The van der Waals surface area contributed by atoms with Crippen LogP contribution >= 0.6 is 0 Å². The van der Waals surface area contributed by atoms with Crippen LogP contribution in [0, 0.1) is 18.3 Å². The first kappa shape index (κ1) is 11.5. The molecule has 2 aromatic heterocycles. The molecule has 3 nitrogen and oxygen atoms in total. The molecule has 0 bridgehead atoms. The SMILES string of the molecule is Cc1cncc(Cn2ccc3c(C#N)cccc32)c1. The normalized spacial score (nSPS) is 10.5. The highest BCUT2D eigenvalue weighted by Crippen LogP contribution is 2.20. The van der Waals surface area contributed by atoms with Gasteiger partial charge in [0, 0.05) is 36.0 Å². The van der Waals surface area contributed by atoms with E-state index in [0.29, 0.717) is 0 Å². The second-order valence-electron chi connectivity index (χ2n) is 4.66. The van der Waals surface area contributed by atoms with Gasteiger partial charge in [-0.25, -0.2) is 0 Å². The molecule has 0 aliphatic carbocycles. The Morgan fingerprint density at radius 3 is 2.95 bits per heavy atom. The number of nitriles is 1. The monoisotopic (exact) mass is 247 g/mol. The lowest BCUT2D eigenvalue weighted by Crippen LogP contribution is -1.98. The lowest BCUT2D eigenvalue weighted by atomic mass is 10.1. The predicted molar refractivity (Wildman–Crippen MR) is 74.7 cm³/mol. The minimum Gasteiger partial charge on any atom is -0.343 e. The van der Waals surface area contributed by atoms with Gasteiger partial charge in [-0.2, -0.15) is 5.26 Å². The topological polar surface area (TPSA) is 41.6 Å². The van der Waals surface area contributed by atoms with Crippen molar-refractivity contribution in [2.75, 3.05) is 0 Å². The van der Waals surface area contributed by atoms with Crippen LogP contribution < -0.4 is 0 Å². The summed E-state index contributed by atoms with van der Waals surface area (Å²) < 4.78 is 2.15. The molecule has 92 valence electrons. The molecule has 2 heterocycles. The van der Waals surface area contributed by atoms with E-state index in [9.17, 15) is 0 Å². The molecular formula is C16H13N3. The summed E-state index contributed by atoms with van der Waals surface area (Å²) in [6, 6.07) is 12.2. The van der Waals surface area contributed by atoms with E-state index in [1.807, 2.05) is 49.8 Å². The van der Waals surface area contributed by atoms with Crippen molar-refractivity contribution in [3.05, 3.63) is 65.6 Å². The standard InChI is InChI=1S/C16H13N3/c1-12-7-13(10-18-9-12)11-19-6-5-15-14(8-17)3-2-4-16(15)19/h2-7,9-10H,11H2,1H3. The lowest BCUT2D eigenvalue weighted by molar-refractivity contribution is 0.830. The summed E-state index contributed by atoms with van der Waals surface area (Å²) in [7, 11) is 0. The molecule has 0 fully saturated rings. The Balaban J connectivity index is 2.05. The molecule has 0 unspecified atom stereocenters. The lowest BCUT2D eigenvalue weighted by Gasteiger charge is -2.06. The highest BCUT2D eigenvalue weighted by Gasteiger charge is 2.05. The van der Waals surface area contributed by atoms with Gasteiger partial charge in [-0.05, 0) is 36.2 Å². The molecule has 3 rings (SSSR count). The van der Waals surface area contributed by atoms with E-state index in [-0.39, 0.29) is 0 Å². The van der Waals surface area contributed by atoms with E-state index in [1.54, 1.807) is 0 Å². The van der Waals surface area contributed by atoms with E-state index in [1.165, 1.54) is 5.56 Å². The average Bonchev–Trinajstić information content (AvgIpc) is 2.82. The molecule has 1 aromatic carbocycles. The number of fused-ring (bicyclic) bond motifs is 1. The van der Waals surface area contributed by atoms with Crippen molar-refractivity contribution in [3.8, 4) is 6.07 Å². The Kier molecular flexibility index (Phi) is 2.77. The second-order valence-corrected chi connectivity index (χ2v) is 4.66. The van der Waals surface area contributed by atoms with E-state index >= 15 is 0 Å². The third-order valence-electron chi connectivity index (χ3n) is 3.22. The molecule has 19 heavy (non-hydrogen) atoms. The Morgan fingerprint density at radius 2 is 2.16 bits per heavy atom. The van der Waals surface area contributed by atoms with Gasteiger partial charge in [0.15, 0.2) is 0 Å². The molecule has 0 saturated carbocycles. The summed E-state index contributed by atoms with van der Waals surface area (Å²) in [6.07, 6.45) is 5.76. The predicted octanol–water partition coefficient (Wildman–Crippen LogP) is 3.26. The van der Waals surface area contributed by atoms with E-state index in [0.717, 1.165) is 28.6 Å². The Labute approximate surface area is 111 Å². The molecule has 0 aliphatic rings. The molecule has 0 saturated heterocycles. The van der Waals surface area contributed by atoms with Gasteiger partial charge in [0.1, 0.15) is 0 Å². The highest BCUT2D eigenvalue weighted by molar-refractivity contribution is 5.86. The fourth-order valence-electron chi connectivity index (χ4n) is 2.36. The van der Waals surface area contributed by atoms with Gasteiger partial charge in [-0.3, -0.25) is 4.98 Å². The van der Waals surface area contributed by atoms with Crippen molar-refractivity contribution >= 4 is 10.9 Å². The molecule has 0 N–H and O–H groups in total. The number of hydrogen-bond acceptors (Lipinski definition) is 2.